The predicted molar refractivity (Wildman–Crippen MR) is 63.6 cm³/mol. The number of aldehydes is 1. The van der Waals surface area contributed by atoms with Crippen molar-refractivity contribution in [3.05, 3.63) is 29.3 Å². The molecule has 0 aliphatic heterocycles. The quantitative estimate of drug-likeness (QED) is 0.775. The molecule has 0 spiro atoms. The second kappa shape index (κ2) is 3.93. The molecular weight excluding hydrogens is 200 g/mol. The lowest BCUT2D eigenvalue weighted by molar-refractivity contribution is -0.115. The van der Waals surface area contributed by atoms with Gasteiger partial charge in [0, 0.05) is 5.41 Å². The van der Waals surface area contributed by atoms with Gasteiger partial charge in [-0.05, 0) is 48.4 Å². The summed E-state index contributed by atoms with van der Waals surface area (Å²) in [4.78, 5) is 11.2. The van der Waals surface area contributed by atoms with E-state index in [1.54, 1.807) is 6.07 Å². The minimum Gasteiger partial charge on any atom is -0.508 e. The van der Waals surface area contributed by atoms with Crippen molar-refractivity contribution < 1.29 is 9.90 Å². The second-order valence-electron chi connectivity index (χ2n) is 5.27. The Hall–Kier alpha value is -1.31. The number of fused-ring (bicyclic) bond motifs is 1. The molecule has 1 aliphatic carbocycles. The molecule has 2 nitrogen and oxygen atoms in total. The fraction of sp³-hybridized carbons (Fsp3) is 0.500. The molecule has 0 fully saturated rings. The number of benzene rings is 1. The van der Waals surface area contributed by atoms with Gasteiger partial charge < -0.3 is 9.90 Å². The molecule has 0 saturated heterocycles. The Labute approximate surface area is 96.3 Å². The summed E-state index contributed by atoms with van der Waals surface area (Å²) >= 11 is 0. The lowest BCUT2D eigenvalue weighted by Crippen LogP contribution is -2.27. The Kier molecular flexibility index (Phi) is 2.75. The van der Waals surface area contributed by atoms with E-state index in [1.807, 2.05) is 26.0 Å². The van der Waals surface area contributed by atoms with Crippen molar-refractivity contribution in [3.8, 4) is 5.75 Å². The van der Waals surface area contributed by atoms with Crippen LogP contribution in [0.2, 0.25) is 0 Å². The lowest BCUT2D eigenvalue weighted by Gasteiger charge is -2.34. The van der Waals surface area contributed by atoms with Gasteiger partial charge >= 0.3 is 0 Å². The SMILES string of the molecule is CC(C)(C=O)C1CCCc2ccc(O)cc21. The standard InChI is InChI=1S/C14H18O2/c1-14(2,9-15)13-5-3-4-10-6-7-11(16)8-12(10)13/h6-9,13,16H,3-5H2,1-2H3. The summed E-state index contributed by atoms with van der Waals surface area (Å²) in [5.41, 5.74) is 2.09. The van der Waals surface area contributed by atoms with E-state index in [0.29, 0.717) is 5.75 Å². The van der Waals surface area contributed by atoms with Crippen LogP contribution in [0.4, 0.5) is 0 Å². The largest absolute Gasteiger partial charge is 0.508 e. The Morgan fingerprint density at radius 2 is 2.19 bits per heavy atom. The zero-order valence-electron chi connectivity index (χ0n) is 9.86. The van der Waals surface area contributed by atoms with Crippen LogP contribution < -0.4 is 0 Å². The highest BCUT2D eigenvalue weighted by molar-refractivity contribution is 5.61. The average molecular weight is 218 g/mol. The number of aromatic hydroxyl groups is 1. The van der Waals surface area contributed by atoms with E-state index in [9.17, 15) is 9.90 Å². The van der Waals surface area contributed by atoms with Gasteiger partial charge in [-0.2, -0.15) is 0 Å². The Bertz CT molecular complexity index is 407. The Morgan fingerprint density at radius 1 is 1.44 bits per heavy atom. The molecule has 0 radical (unpaired) electrons. The topological polar surface area (TPSA) is 37.3 Å². The molecule has 1 atom stereocenters. The number of aryl methyl sites for hydroxylation is 1. The van der Waals surface area contributed by atoms with Gasteiger partial charge in [0.05, 0.1) is 0 Å². The number of phenolic OH excluding ortho intramolecular Hbond substituents is 1. The van der Waals surface area contributed by atoms with E-state index in [2.05, 4.69) is 0 Å². The van der Waals surface area contributed by atoms with Gasteiger partial charge in [0.2, 0.25) is 0 Å². The second-order valence-corrected chi connectivity index (χ2v) is 5.27. The monoisotopic (exact) mass is 218 g/mol. The summed E-state index contributed by atoms with van der Waals surface area (Å²) in [6.45, 7) is 3.95. The molecule has 1 aromatic carbocycles. The van der Waals surface area contributed by atoms with Crippen LogP contribution in [-0.2, 0) is 11.2 Å². The van der Waals surface area contributed by atoms with Gasteiger partial charge in [-0.25, -0.2) is 0 Å². The first kappa shape index (κ1) is 11.2. The number of rotatable bonds is 2. The fourth-order valence-electron chi connectivity index (χ4n) is 2.64. The van der Waals surface area contributed by atoms with Gasteiger partial charge in [-0.1, -0.05) is 19.9 Å². The maximum absolute atomic E-state index is 11.2. The molecule has 0 saturated carbocycles. The first-order valence-corrected chi connectivity index (χ1v) is 5.83. The van der Waals surface area contributed by atoms with Crippen LogP contribution >= 0.6 is 0 Å². The molecule has 0 aromatic heterocycles. The number of carbonyl (C=O) groups excluding carboxylic acids is 1. The molecule has 2 rings (SSSR count). The Morgan fingerprint density at radius 3 is 2.88 bits per heavy atom. The molecule has 2 heteroatoms. The molecule has 0 amide bonds. The van der Waals surface area contributed by atoms with Crippen LogP contribution in [0, 0.1) is 5.41 Å². The van der Waals surface area contributed by atoms with Crippen LogP contribution in [0.25, 0.3) is 0 Å². The molecule has 0 heterocycles. The summed E-state index contributed by atoms with van der Waals surface area (Å²) in [5.74, 6) is 0.535. The maximum atomic E-state index is 11.2. The third-order valence-electron chi connectivity index (χ3n) is 3.65. The summed E-state index contributed by atoms with van der Waals surface area (Å²) in [5, 5.41) is 9.56. The molecule has 1 unspecified atom stereocenters. The zero-order valence-corrected chi connectivity index (χ0v) is 9.86. The van der Waals surface area contributed by atoms with Crippen LogP contribution in [0.15, 0.2) is 18.2 Å². The molecule has 1 N–H and O–H groups in total. The molecule has 0 bridgehead atoms. The average Bonchev–Trinajstić information content (AvgIpc) is 2.28. The van der Waals surface area contributed by atoms with Crippen LogP contribution in [-0.4, -0.2) is 11.4 Å². The van der Waals surface area contributed by atoms with Gasteiger partial charge in [-0.3, -0.25) is 0 Å². The van der Waals surface area contributed by atoms with Gasteiger partial charge in [-0.15, -0.1) is 0 Å². The van der Waals surface area contributed by atoms with Crippen molar-refractivity contribution in [2.75, 3.05) is 0 Å². The number of hydrogen-bond donors (Lipinski definition) is 1. The minimum atomic E-state index is -0.344. The van der Waals surface area contributed by atoms with Crippen LogP contribution in [0.3, 0.4) is 0 Å². The fourth-order valence-corrected chi connectivity index (χ4v) is 2.64. The third-order valence-corrected chi connectivity index (χ3v) is 3.65. The highest BCUT2D eigenvalue weighted by Gasteiger charge is 2.33. The molecule has 1 aliphatic rings. The van der Waals surface area contributed by atoms with Crippen molar-refractivity contribution in [1.29, 1.82) is 0 Å². The molecule has 16 heavy (non-hydrogen) atoms. The summed E-state index contributed by atoms with van der Waals surface area (Å²) < 4.78 is 0. The lowest BCUT2D eigenvalue weighted by atomic mass is 9.69. The maximum Gasteiger partial charge on any atom is 0.126 e. The van der Waals surface area contributed by atoms with E-state index in [1.165, 1.54) is 5.56 Å². The first-order chi connectivity index (χ1) is 7.54. The van der Waals surface area contributed by atoms with Crippen molar-refractivity contribution in [2.24, 2.45) is 5.41 Å². The minimum absolute atomic E-state index is 0.237. The number of hydrogen-bond acceptors (Lipinski definition) is 2. The van der Waals surface area contributed by atoms with Gasteiger partial charge in [0.15, 0.2) is 0 Å². The molecule has 86 valence electrons. The number of carbonyl (C=O) groups is 1. The zero-order chi connectivity index (χ0) is 11.8. The highest BCUT2D eigenvalue weighted by Crippen LogP contribution is 2.43. The van der Waals surface area contributed by atoms with E-state index in [-0.39, 0.29) is 11.3 Å². The van der Waals surface area contributed by atoms with Gasteiger partial charge in [0.25, 0.3) is 0 Å². The predicted octanol–water partition coefficient (Wildman–Crippen LogP) is 3.04. The normalized spacial score (nSPS) is 20.2. The van der Waals surface area contributed by atoms with E-state index >= 15 is 0 Å². The van der Waals surface area contributed by atoms with Crippen molar-refractivity contribution in [3.63, 3.8) is 0 Å². The molecule has 1 aromatic rings. The smallest absolute Gasteiger partial charge is 0.126 e. The van der Waals surface area contributed by atoms with E-state index in [4.69, 9.17) is 0 Å². The summed E-state index contributed by atoms with van der Waals surface area (Å²) in [6.07, 6.45) is 4.25. The molecular formula is C14H18O2. The first-order valence-electron chi connectivity index (χ1n) is 5.83. The number of phenols is 1. The third kappa shape index (κ3) is 1.84. The van der Waals surface area contributed by atoms with E-state index < -0.39 is 0 Å². The van der Waals surface area contributed by atoms with E-state index in [0.717, 1.165) is 31.1 Å². The van der Waals surface area contributed by atoms with Crippen molar-refractivity contribution in [2.45, 2.75) is 39.0 Å². The highest BCUT2D eigenvalue weighted by atomic mass is 16.3. The van der Waals surface area contributed by atoms with Crippen molar-refractivity contribution in [1.82, 2.24) is 0 Å². The van der Waals surface area contributed by atoms with Gasteiger partial charge in [0.1, 0.15) is 12.0 Å². The van der Waals surface area contributed by atoms with Crippen molar-refractivity contribution >= 4 is 6.29 Å². The van der Waals surface area contributed by atoms with Crippen LogP contribution in [0.1, 0.15) is 43.7 Å². The Balaban J connectivity index is 2.46. The summed E-state index contributed by atoms with van der Waals surface area (Å²) in [7, 11) is 0. The van der Waals surface area contributed by atoms with Crippen LogP contribution in [0.5, 0.6) is 5.75 Å². The summed E-state index contributed by atoms with van der Waals surface area (Å²) in [6, 6.07) is 5.54.